The number of pyridine rings is 1. The minimum absolute atomic E-state index is 0.185. The number of aryl methyl sites for hydroxylation is 1. The van der Waals surface area contributed by atoms with E-state index in [1.165, 1.54) is 0 Å². The maximum atomic E-state index is 11.7. The second kappa shape index (κ2) is 6.16. The Bertz CT molecular complexity index is 1130. The van der Waals surface area contributed by atoms with Crippen molar-refractivity contribution in [2.45, 2.75) is 0 Å². The summed E-state index contributed by atoms with van der Waals surface area (Å²) in [6, 6.07) is 7.57. The van der Waals surface area contributed by atoms with Crippen LogP contribution in [-0.2, 0) is 7.05 Å². The summed E-state index contributed by atoms with van der Waals surface area (Å²) in [6.07, 6.45) is 3.69. The molecule has 8 nitrogen and oxygen atoms in total. The van der Waals surface area contributed by atoms with Gasteiger partial charge >= 0.3 is 0 Å². The van der Waals surface area contributed by atoms with E-state index in [1.54, 1.807) is 12.3 Å². The lowest BCUT2D eigenvalue weighted by Crippen LogP contribution is -2.13. The molecule has 0 spiro atoms. The summed E-state index contributed by atoms with van der Waals surface area (Å²) >= 11 is 0. The highest BCUT2D eigenvalue weighted by molar-refractivity contribution is 6.06. The van der Waals surface area contributed by atoms with Crippen LogP contribution < -0.4 is 16.2 Å². The standard InChI is InChI=1S/C18H18N6O2/c1-24-9-14(12-6-10(26-5-4-19)2-3-16(12)24)11-7-15(17(20)25)22-18-13(11)8-21-23-18/h2-3,6-9H,4-5,19H2,1H3,(H2,20,25)(H,21,22,23). The number of amides is 1. The second-order valence-corrected chi connectivity index (χ2v) is 6.02. The maximum absolute atomic E-state index is 11.7. The number of H-pyrrole nitrogens is 1. The topological polar surface area (TPSA) is 125 Å². The van der Waals surface area contributed by atoms with E-state index in [2.05, 4.69) is 15.2 Å². The number of benzene rings is 1. The van der Waals surface area contributed by atoms with Crippen LogP contribution in [0.15, 0.2) is 36.7 Å². The minimum atomic E-state index is -0.588. The molecule has 26 heavy (non-hydrogen) atoms. The molecule has 3 heterocycles. The highest BCUT2D eigenvalue weighted by Gasteiger charge is 2.17. The van der Waals surface area contributed by atoms with E-state index in [4.69, 9.17) is 16.2 Å². The number of primary amides is 1. The Balaban J connectivity index is 1.97. The number of nitrogens with two attached hydrogens (primary N) is 2. The van der Waals surface area contributed by atoms with Gasteiger partial charge in [0, 0.05) is 41.6 Å². The smallest absolute Gasteiger partial charge is 0.267 e. The fourth-order valence-corrected chi connectivity index (χ4v) is 3.13. The van der Waals surface area contributed by atoms with E-state index >= 15 is 0 Å². The Morgan fingerprint density at radius 1 is 1.27 bits per heavy atom. The van der Waals surface area contributed by atoms with Crippen LogP contribution in [0.25, 0.3) is 33.1 Å². The van der Waals surface area contributed by atoms with Crippen molar-refractivity contribution < 1.29 is 9.53 Å². The Hall–Kier alpha value is -3.39. The molecule has 1 aromatic carbocycles. The van der Waals surface area contributed by atoms with Crippen LogP contribution in [0, 0.1) is 0 Å². The molecule has 8 heteroatoms. The predicted molar refractivity (Wildman–Crippen MR) is 98.9 cm³/mol. The third-order valence-electron chi connectivity index (χ3n) is 4.31. The number of ether oxygens (including phenoxy) is 1. The first-order valence-electron chi connectivity index (χ1n) is 8.14. The third kappa shape index (κ3) is 2.56. The molecule has 4 aromatic rings. The number of carbonyl (C=O) groups excluding carboxylic acids is 1. The Labute approximate surface area is 148 Å². The summed E-state index contributed by atoms with van der Waals surface area (Å²) in [4.78, 5) is 15.9. The zero-order chi connectivity index (χ0) is 18.3. The van der Waals surface area contributed by atoms with Gasteiger partial charge in [0.05, 0.1) is 6.20 Å². The molecule has 4 rings (SSSR count). The van der Waals surface area contributed by atoms with E-state index in [9.17, 15) is 4.79 Å². The van der Waals surface area contributed by atoms with Crippen LogP contribution in [-0.4, -0.2) is 38.8 Å². The molecule has 0 aliphatic heterocycles. The Kier molecular flexibility index (Phi) is 3.81. The molecule has 0 saturated heterocycles. The van der Waals surface area contributed by atoms with Gasteiger partial charge in [-0.2, -0.15) is 5.10 Å². The van der Waals surface area contributed by atoms with Crippen molar-refractivity contribution in [1.29, 1.82) is 0 Å². The number of hydrogen-bond acceptors (Lipinski definition) is 5. The monoisotopic (exact) mass is 350 g/mol. The molecule has 0 atom stereocenters. The SMILES string of the molecule is Cn1cc(-c2cc(C(N)=O)nc3[nH]ncc23)c2cc(OCCN)ccc21. The quantitative estimate of drug-likeness (QED) is 0.504. The van der Waals surface area contributed by atoms with Crippen LogP contribution in [0.5, 0.6) is 5.75 Å². The summed E-state index contributed by atoms with van der Waals surface area (Å²) in [5, 5.41) is 8.66. The number of aromatic nitrogens is 4. The molecule has 132 valence electrons. The summed E-state index contributed by atoms with van der Waals surface area (Å²) in [5.41, 5.74) is 14.5. The number of nitrogens with one attached hydrogen (secondary N) is 1. The Morgan fingerprint density at radius 3 is 2.88 bits per heavy atom. The number of aromatic amines is 1. The molecule has 0 bridgehead atoms. The molecule has 0 aliphatic carbocycles. The van der Waals surface area contributed by atoms with Gasteiger partial charge in [-0.1, -0.05) is 0 Å². The van der Waals surface area contributed by atoms with Gasteiger partial charge in [0.1, 0.15) is 18.1 Å². The van der Waals surface area contributed by atoms with Crippen LogP contribution in [0.2, 0.25) is 0 Å². The lowest BCUT2D eigenvalue weighted by molar-refractivity contribution is 0.0996. The fourth-order valence-electron chi connectivity index (χ4n) is 3.13. The highest BCUT2D eigenvalue weighted by atomic mass is 16.5. The molecule has 5 N–H and O–H groups in total. The first-order valence-corrected chi connectivity index (χ1v) is 8.14. The first-order chi connectivity index (χ1) is 12.6. The van der Waals surface area contributed by atoms with Gasteiger partial charge in [0.25, 0.3) is 5.91 Å². The zero-order valence-corrected chi connectivity index (χ0v) is 14.2. The number of rotatable bonds is 5. The van der Waals surface area contributed by atoms with Crippen molar-refractivity contribution in [2.75, 3.05) is 13.2 Å². The van der Waals surface area contributed by atoms with Crippen LogP contribution in [0.1, 0.15) is 10.5 Å². The fraction of sp³-hybridized carbons (Fsp3) is 0.167. The van der Waals surface area contributed by atoms with Gasteiger partial charge in [-0.3, -0.25) is 9.89 Å². The summed E-state index contributed by atoms with van der Waals surface area (Å²) in [6.45, 7) is 0.891. The molecule has 0 aliphatic rings. The first kappa shape index (κ1) is 16.1. The normalized spacial score (nSPS) is 11.3. The van der Waals surface area contributed by atoms with Crippen molar-refractivity contribution >= 4 is 27.8 Å². The van der Waals surface area contributed by atoms with Crippen molar-refractivity contribution in [1.82, 2.24) is 19.7 Å². The van der Waals surface area contributed by atoms with Gasteiger partial charge < -0.3 is 20.8 Å². The molecule has 1 amide bonds. The predicted octanol–water partition coefficient (Wildman–Crippen LogP) is 1.55. The zero-order valence-electron chi connectivity index (χ0n) is 14.2. The number of nitrogens with zero attached hydrogens (tertiary/aromatic N) is 3. The van der Waals surface area contributed by atoms with Crippen LogP contribution in [0.4, 0.5) is 0 Å². The van der Waals surface area contributed by atoms with E-state index in [0.29, 0.717) is 18.8 Å². The van der Waals surface area contributed by atoms with Gasteiger partial charge in [-0.15, -0.1) is 0 Å². The lowest BCUT2D eigenvalue weighted by atomic mass is 10.0. The molecule has 0 unspecified atom stereocenters. The maximum Gasteiger partial charge on any atom is 0.267 e. The van der Waals surface area contributed by atoms with Crippen LogP contribution >= 0.6 is 0 Å². The minimum Gasteiger partial charge on any atom is -0.492 e. The van der Waals surface area contributed by atoms with Crippen LogP contribution in [0.3, 0.4) is 0 Å². The number of hydrogen-bond donors (Lipinski definition) is 3. The number of carbonyl (C=O) groups is 1. The van der Waals surface area contributed by atoms with Crippen molar-refractivity contribution in [3.63, 3.8) is 0 Å². The van der Waals surface area contributed by atoms with Gasteiger partial charge in [-0.25, -0.2) is 4.98 Å². The van der Waals surface area contributed by atoms with E-state index in [-0.39, 0.29) is 5.69 Å². The highest BCUT2D eigenvalue weighted by Crippen LogP contribution is 2.36. The van der Waals surface area contributed by atoms with Gasteiger partial charge in [0.15, 0.2) is 5.65 Å². The molecule has 0 fully saturated rings. The summed E-state index contributed by atoms with van der Waals surface area (Å²) in [5.74, 6) is 0.151. The van der Waals surface area contributed by atoms with E-state index in [0.717, 1.165) is 33.2 Å². The van der Waals surface area contributed by atoms with Crippen molar-refractivity contribution in [2.24, 2.45) is 18.5 Å². The average Bonchev–Trinajstić information content (AvgIpc) is 3.23. The lowest BCUT2D eigenvalue weighted by Gasteiger charge is -2.07. The van der Waals surface area contributed by atoms with E-state index < -0.39 is 5.91 Å². The van der Waals surface area contributed by atoms with Gasteiger partial charge in [0.2, 0.25) is 0 Å². The second-order valence-electron chi connectivity index (χ2n) is 6.02. The summed E-state index contributed by atoms with van der Waals surface area (Å²) in [7, 11) is 1.97. The molecule has 0 saturated carbocycles. The number of fused-ring (bicyclic) bond motifs is 2. The van der Waals surface area contributed by atoms with E-state index in [1.807, 2.05) is 36.0 Å². The van der Waals surface area contributed by atoms with Crippen molar-refractivity contribution in [3.8, 4) is 16.9 Å². The Morgan fingerprint density at radius 2 is 2.12 bits per heavy atom. The van der Waals surface area contributed by atoms with Gasteiger partial charge in [-0.05, 0) is 29.8 Å². The summed E-state index contributed by atoms with van der Waals surface area (Å²) < 4.78 is 7.68. The molecule has 0 radical (unpaired) electrons. The molecular formula is C18H18N6O2. The molecular weight excluding hydrogens is 332 g/mol. The largest absolute Gasteiger partial charge is 0.492 e. The molecule has 3 aromatic heterocycles. The third-order valence-corrected chi connectivity index (χ3v) is 4.31. The van der Waals surface area contributed by atoms with Crippen molar-refractivity contribution in [3.05, 3.63) is 42.4 Å². The average molecular weight is 350 g/mol.